The van der Waals surface area contributed by atoms with Gasteiger partial charge in [-0.2, -0.15) is 0 Å². The summed E-state index contributed by atoms with van der Waals surface area (Å²) in [6.45, 7) is 3.58. The molecule has 0 aromatic carbocycles. The fourth-order valence-corrected chi connectivity index (χ4v) is 1.30. The molecule has 0 aliphatic carbocycles. The average molecular weight is 225 g/mol. The van der Waals surface area contributed by atoms with E-state index in [0.29, 0.717) is 5.13 Å². The number of nitrogen functional groups attached to an aromatic ring is 1. The molecule has 1 radical (unpaired) electrons. The molecule has 0 aliphatic rings. The summed E-state index contributed by atoms with van der Waals surface area (Å²) >= 11 is 1.16. The predicted molar refractivity (Wildman–Crippen MR) is 57.3 cm³/mol. The van der Waals surface area contributed by atoms with Crippen LogP contribution in [0.5, 0.6) is 0 Å². The van der Waals surface area contributed by atoms with Crippen molar-refractivity contribution in [1.82, 2.24) is 10.7 Å². The topological polar surface area (TPSA) is 101 Å². The number of nitrogens with zero attached hydrogens (tertiary/aromatic N) is 2. The summed E-state index contributed by atoms with van der Waals surface area (Å²) in [5.41, 5.74) is 12.4. The number of rotatable bonds is 5. The first kappa shape index (κ1) is 11.2. The van der Waals surface area contributed by atoms with Crippen molar-refractivity contribution in [3.8, 4) is 0 Å². The van der Waals surface area contributed by atoms with Crippen molar-refractivity contribution in [2.45, 2.75) is 0 Å². The number of aromatic nitrogens is 1. The number of hydrogen-bond acceptors (Lipinski definition) is 6. The van der Waals surface area contributed by atoms with Crippen LogP contribution in [0.2, 0.25) is 0 Å². The van der Waals surface area contributed by atoms with Crippen LogP contribution in [-0.4, -0.2) is 23.2 Å². The second-order valence-electron chi connectivity index (χ2n) is 2.42. The molecule has 0 saturated carbocycles. The Kier molecular flexibility index (Phi) is 3.81. The number of thiazole rings is 1. The highest BCUT2D eigenvalue weighted by atomic mass is 32.1. The van der Waals surface area contributed by atoms with Crippen LogP contribution >= 0.6 is 11.3 Å². The second-order valence-corrected chi connectivity index (χ2v) is 3.31. The van der Waals surface area contributed by atoms with Gasteiger partial charge in [-0.25, -0.2) is 4.98 Å². The molecule has 3 N–H and O–H groups in total. The van der Waals surface area contributed by atoms with E-state index >= 15 is 0 Å². The molecule has 1 aromatic rings. The molecule has 1 rings (SSSR count). The van der Waals surface area contributed by atoms with Gasteiger partial charge in [0.1, 0.15) is 12.3 Å². The third kappa shape index (κ3) is 3.06. The van der Waals surface area contributed by atoms with E-state index in [4.69, 9.17) is 16.3 Å². The minimum atomic E-state index is -0.968. The lowest BCUT2D eigenvalue weighted by Gasteiger charge is -1.97. The van der Waals surface area contributed by atoms with Crippen LogP contribution < -0.4 is 11.5 Å². The van der Waals surface area contributed by atoms with E-state index in [1.54, 1.807) is 0 Å². The lowest BCUT2D eigenvalue weighted by atomic mass is 10.3. The summed E-state index contributed by atoms with van der Waals surface area (Å²) in [5, 5.41) is 5.34. The van der Waals surface area contributed by atoms with Gasteiger partial charge in [-0.1, -0.05) is 17.8 Å². The lowest BCUT2D eigenvalue weighted by molar-refractivity contribution is -0.112. The van der Waals surface area contributed by atoms with Gasteiger partial charge in [-0.3, -0.25) is 10.5 Å². The largest absolute Gasteiger partial charge is 0.391 e. The molecule has 0 bridgehead atoms. The van der Waals surface area contributed by atoms with Crippen LogP contribution in [0.3, 0.4) is 0 Å². The Morgan fingerprint density at radius 2 is 2.60 bits per heavy atom. The highest BCUT2D eigenvalue weighted by molar-refractivity contribution is 7.13. The zero-order valence-electron chi connectivity index (χ0n) is 7.77. The number of oxime groups is 1. The molecule has 7 heteroatoms. The summed E-state index contributed by atoms with van der Waals surface area (Å²) in [7, 11) is 0. The Hall–Kier alpha value is -1.89. The number of nitrogens with two attached hydrogens (primary N) is 1. The van der Waals surface area contributed by atoms with Gasteiger partial charge in [-0.15, -0.1) is 11.3 Å². The molecule has 79 valence electrons. The standard InChI is InChI=1S/C8H9N4O2S/c1-2-3-14-12-6(7(9)13)5-4-15-8(10)11-5/h2,4,9H,1,3H2,(H2,10,11)/b12-6-. The van der Waals surface area contributed by atoms with Crippen LogP contribution in [0.15, 0.2) is 23.2 Å². The Balaban J connectivity index is 2.87. The molecular formula is C8H9N4O2S. The fourth-order valence-electron chi connectivity index (χ4n) is 0.755. The van der Waals surface area contributed by atoms with E-state index in [0.717, 1.165) is 11.3 Å². The number of nitrogens with one attached hydrogen (secondary N) is 1. The number of anilines is 1. The van der Waals surface area contributed by atoms with Gasteiger partial charge in [0.15, 0.2) is 10.8 Å². The van der Waals surface area contributed by atoms with Crippen LogP contribution in [0.4, 0.5) is 5.13 Å². The van der Waals surface area contributed by atoms with Crippen molar-refractivity contribution in [1.29, 1.82) is 0 Å². The Morgan fingerprint density at radius 1 is 1.87 bits per heavy atom. The summed E-state index contributed by atoms with van der Waals surface area (Å²) < 4.78 is 0. The van der Waals surface area contributed by atoms with E-state index < -0.39 is 5.91 Å². The zero-order valence-corrected chi connectivity index (χ0v) is 8.58. The molecule has 0 unspecified atom stereocenters. The first-order chi connectivity index (χ1) is 7.15. The molecule has 0 saturated heterocycles. The summed E-state index contributed by atoms with van der Waals surface area (Å²) in [4.78, 5) is 19.5. The summed E-state index contributed by atoms with van der Waals surface area (Å²) in [6.07, 6.45) is 1.48. The highest BCUT2D eigenvalue weighted by Gasteiger charge is 2.15. The minimum absolute atomic E-state index is 0.162. The molecule has 15 heavy (non-hydrogen) atoms. The van der Waals surface area contributed by atoms with Gasteiger partial charge >= 0.3 is 0 Å². The van der Waals surface area contributed by atoms with Crippen molar-refractivity contribution >= 4 is 28.1 Å². The molecular weight excluding hydrogens is 216 g/mol. The monoisotopic (exact) mass is 225 g/mol. The molecule has 1 aromatic heterocycles. The van der Waals surface area contributed by atoms with Crippen molar-refractivity contribution in [2.75, 3.05) is 12.3 Å². The maximum atomic E-state index is 10.9. The smallest absolute Gasteiger partial charge is 0.294 e. The summed E-state index contributed by atoms with van der Waals surface area (Å²) in [6, 6.07) is 0. The average Bonchev–Trinajstić information content (AvgIpc) is 2.59. The number of carbonyl (C=O) groups excluding carboxylic acids is 1. The minimum Gasteiger partial charge on any atom is -0.391 e. The third-order valence-corrected chi connectivity index (χ3v) is 2.00. The van der Waals surface area contributed by atoms with E-state index in [9.17, 15) is 4.79 Å². The van der Waals surface area contributed by atoms with Crippen molar-refractivity contribution < 1.29 is 9.63 Å². The molecule has 1 amide bonds. The number of hydrogen-bond donors (Lipinski definition) is 1. The number of amides is 1. The molecule has 0 atom stereocenters. The van der Waals surface area contributed by atoms with Gasteiger partial charge in [-0.05, 0) is 0 Å². The first-order valence-electron chi connectivity index (χ1n) is 3.93. The van der Waals surface area contributed by atoms with Crippen LogP contribution in [-0.2, 0) is 9.63 Å². The van der Waals surface area contributed by atoms with E-state index in [2.05, 4.69) is 16.7 Å². The first-order valence-corrected chi connectivity index (χ1v) is 4.81. The molecule has 0 aliphatic heterocycles. The highest BCUT2D eigenvalue weighted by Crippen LogP contribution is 2.12. The lowest BCUT2D eigenvalue weighted by Crippen LogP contribution is -2.17. The SMILES string of the molecule is C=CCO/N=C(\C([NH])=O)c1csc(N)n1. The van der Waals surface area contributed by atoms with Gasteiger partial charge in [0, 0.05) is 5.38 Å². The van der Waals surface area contributed by atoms with E-state index in [1.165, 1.54) is 11.5 Å². The summed E-state index contributed by atoms with van der Waals surface area (Å²) in [5.74, 6) is -0.968. The Bertz CT molecular complexity index is 399. The third-order valence-electron chi connectivity index (χ3n) is 1.33. The maximum Gasteiger partial charge on any atom is 0.294 e. The normalized spacial score (nSPS) is 11.1. The second kappa shape index (κ2) is 5.11. The van der Waals surface area contributed by atoms with E-state index in [-0.39, 0.29) is 18.0 Å². The zero-order chi connectivity index (χ0) is 11.3. The van der Waals surface area contributed by atoms with Gasteiger partial charge in [0.2, 0.25) is 0 Å². The molecule has 1 heterocycles. The molecule has 0 fully saturated rings. The van der Waals surface area contributed by atoms with Crippen LogP contribution in [0.25, 0.3) is 0 Å². The predicted octanol–water partition coefficient (Wildman–Crippen LogP) is 0.442. The molecule has 0 spiro atoms. The molecule has 6 nitrogen and oxygen atoms in total. The van der Waals surface area contributed by atoms with Crippen LogP contribution in [0.1, 0.15) is 5.69 Å². The Labute approximate surface area is 90.2 Å². The van der Waals surface area contributed by atoms with Crippen molar-refractivity contribution in [3.05, 3.63) is 23.7 Å². The maximum absolute atomic E-state index is 10.9. The van der Waals surface area contributed by atoms with Crippen molar-refractivity contribution in [3.63, 3.8) is 0 Å². The van der Waals surface area contributed by atoms with Gasteiger partial charge in [0.25, 0.3) is 5.91 Å². The van der Waals surface area contributed by atoms with Gasteiger partial charge < -0.3 is 10.6 Å². The fraction of sp³-hybridized carbons (Fsp3) is 0.125. The Morgan fingerprint density at radius 3 is 3.07 bits per heavy atom. The van der Waals surface area contributed by atoms with Gasteiger partial charge in [0.05, 0.1) is 0 Å². The van der Waals surface area contributed by atoms with Crippen LogP contribution in [0, 0.1) is 0 Å². The van der Waals surface area contributed by atoms with E-state index in [1.807, 2.05) is 0 Å². The van der Waals surface area contributed by atoms with Crippen molar-refractivity contribution in [2.24, 2.45) is 5.16 Å². The number of carbonyl (C=O) groups is 1. The quantitative estimate of drug-likeness (QED) is 0.340.